The summed E-state index contributed by atoms with van der Waals surface area (Å²) in [6.07, 6.45) is -3.93. The van der Waals surface area contributed by atoms with Crippen LogP contribution in [0.3, 0.4) is 0 Å². The van der Waals surface area contributed by atoms with Crippen molar-refractivity contribution in [2.45, 2.75) is 18.7 Å². The average molecular weight is 293 g/mol. The fourth-order valence-electron chi connectivity index (χ4n) is 2.65. The molecule has 2 aromatic rings. The van der Waals surface area contributed by atoms with Crippen LogP contribution in [0.15, 0.2) is 42.5 Å². The summed E-state index contributed by atoms with van der Waals surface area (Å²) in [5.74, 6) is 0.518. The number of para-hydroxylation sites is 1. The fourth-order valence-corrected chi connectivity index (χ4v) is 2.65. The molecule has 0 saturated carbocycles. The van der Waals surface area contributed by atoms with Crippen molar-refractivity contribution < 1.29 is 17.9 Å². The molecule has 1 heterocycles. The molecule has 0 spiro atoms. The Kier molecular flexibility index (Phi) is 3.37. The normalized spacial score (nSPS) is 17.4. The minimum absolute atomic E-state index is 0.138. The highest BCUT2D eigenvalue weighted by atomic mass is 19.4. The van der Waals surface area contributed by atoms with Gasteiger partial charge in [0.05, 0.1) is 5.56 Å². The van der Waals surface area contributed by atoms with E-state index >= 15 is 0 Å². The Balaban J connectivity index is 2.14. The maximum absolute atomic E-state index is 13.2. The zero-order valence-electron chi connectivity index (χ0n) is 11.2. The van der Waals surface area contributed by atoms with Crippen molar-refractivity contribution in [3.8, 4) is 16.9 Å². The lowest BCUT2D eigenvalue weighted by molar-refractivity contribution is -0.137. The number of hydrogen-bond donors (Lipinski definition) is 1. The van der Waals surface area contributed by atoms with E-state index in [0.29, 0.717) is 24.3 Å². The first-order valence-electron chi connectivity index (χ1n) is 6.66. The third-order valence-corrected chi connectivity index (χ3v) is 3.61. The minimum Gasteiger partial charge on any atom is -0.488 e. The lowest BCUT2D eigenvalue weighted by Crippen LogP contribution is -2.24. The van der Waals surface area contributed by atoms with Crippen LogP contribution in [0.2, 0.25) is 0 Å². The number of rotatable bonds is 2. The molecule has 1 aliphatic rings. The summed E-state index contributed by atoms with van der Waals surface area (Å²) >= 11 is 0. The number of fused-ring (bicyclic) bond motifs is 1. The van der Waals surface area contributed by atoms with Crippen LogP contribution in [-0.4, -0.2) is 12.6 Å². The third kappa shape index (κ3) is 2.49. The van der Waals surface area contributed by atoms with E-state index in [9.17, 15) is 13.2 Å². The lowest BCUT2D eigenvalue weighted by Gasteiger charge is -2.15. The Morgan fingerprint density at radius 3 is 2.48 bits per heavy atom. The van der Waals surface area contributed by atoms with Crippen molar-refractivity contribution in [1.29, 1.82) is 0 Å². The Labute approximate surface area is 120 Å². The molecule has 110 valence electrons. The van der Waals surface area contributed by atoms with Crippen LogP contribution < -0.4 is 10.5 Å². The highest BCUT2D eigenvalue weighted by Crippen LogP contribution is 2.43. The highest BCUT2D eigenvalue weighted by Gasteiger charge is 2.35. The zero-order chi connectivity index (χ0) is 15.0. The third-order valence-electron chi connectivity index (χ3n) is 3.61. The van der Waals surface area contributed by atoms with E-state index in [2.05, 4.69) is 0 Å². The molecule has 0 aliphatic carbocycles. The molecule has 2 nitrogen and oxygen atoms in total. The molecule has 1 unspecified atom stereocenters. The topological polar surface area (TPSA) is 35.2 Å². The molecule has 0 bridgehead atoms. The van der Waals surface area contributed by atoms with Gasteiger partial charge in [-0.05, 0) is 17.2 Å². The molecule has 2 aromatic carbocycles. The molecule has 0 fully saturated rings. The van der Waals surface area contributed by atoms with Gasteiger partial charge in [-0.1, -0.05) is 36.4 Å². The molecular weight excluding hydrogens is 279 g/mol. The highest BCUT2D eigenvalue weighted by molar-refractivity contribution is 5.76. The van der Waals surface area contributed by atoms with Gasteiger partial charge < -0.3 is 10.5 Å². The molecule has 2 N–H and O–H groups in total. The van der Waals surface area contributed by atoms with E-state index < -0.39 is 11.7 Å². The summed E-state index contributed by atoms with van der Waals surface area (Å²) in [6.45, 7) is 0.342. The van der Waals surface area contributed by atoms with Crippen LogP contribution >= 0.6 is 0 Å². The van der Waals surface area contributed by atoms with Gasteiger partial charge in [0.1, 0.15) is 11.9 Å². The average Bonchev–Trinajstić information content (AvgIpc) is 2.89. The maximum atomic E-state index is 13.2. The number of alkyl halides is 3. The van der Waals surface area contributed by atoms with E-state index in [-0.39, 0.29) is 11.7 Å². The predicted molar refractivity (Wildman–Crippen MR) is 74.1 cm³/mol. The van der Waals surface area contributed by atoms with Crippen molar-refractivity contribution >= 4 is 0 Å². The number of benzene rings is 2. The van der Waals surface area contributed by atoms with E-state index in [1.54, 1.807) is 18.2 Å². The number of halogens is 3. The van der Waals surface area contributed by atoms with Crippen molar-refractivity contribution in [2.75, 3.05) is 6.54 Å². The first-order chi connectivity index (χ1) is 10.0. The van der Waals surface area contributed by atoms with E-state index in [4.69, 9.17) is 10.5 Å². The van der Waals surface area contributed by atoms with Gasteiger partial charge in [-0.15, -0.1) is 0 Å². The Morgan fingerprint density at radius 1 is 1.05 bits per heavy atom. The second-order valence-corrected chi connectivity index (χ2v) is 5.02. The largest absolute Gasteiger partial charge is 0.488 e. The number of hydrogen-bond acceptors (Lipinski definition) is 2. The second kappa shape index (κ2) is 5.07. The summed E-state index contributed by atoms with van der Waals surface area (Å²) < 4.78 is 45.2. The minimum atomic E-state index is -4.40. The van der Waals surface area contributed by atoms with Gasteiger partial charge in [0.25, 0.3) is 0 Å². The van der Waals surface area contributed by atoms with Gasteiger partial charge in [-0.25, -0.2) is 0 Å². The monoisotopic (exact) mass is 293 g/mol. The van der Waals surface area contributed by atoms with Crippen molar-refractivity contribution in [2.24, 2.45) is 5.73 Å². The molecule has 0 aromatic heterocycles. The smallest absolute Gasteiger partial charge is 0.417 e. The Hall–Kier alpha value is -2.01. The first kappa shape index (κ1) is 13.9. The van der Waals surface area contributed by atoms with Crippen LogP contribution in [0.4, 0.5) is 13.2 Å². The molecule has 21 heavy (non-hydrogen) atoms. The Morgan fingerprint density at radius 2 is 1.76 bits per heavy atom. The van der Waals surface area contributed by atoms with Gasteiger partial charge in [-0.3, -0.25) is 0 Å². The van der Waals surface area contributed by atoms with E-state index in [1.165, 1.54) is 12.1 Å². The van der Waals surface area contributed by atoms with Gasteiger partial charge in [-0.2, -0.15) is 13.2 Å². The molecule has 0 radical (unpaired) electrons. The molecule has 1 atom stereocenters. The van der Waals surface area contributed by atoms with Crippen molar-refractivity contribution in [3.05, 3.63) is 53.6 Å². The summed E-state index contributed by atoms with van der Waals surface area (Å²) in [4.78, 5) is 0. The first-order valence-corrected chi connectivity index (χ1v) is 6.66. The fraction of sp³-hybridized carbons (Fsp3) is 0.250. The molecule has 0 saturated heterocycles. The van der Waals surface area contributed by atoms with Gasteiger partial charge in [0.15, 0.2) is 0 Å². The molecule has 3 rings (SSSR count). The number of nitrogens with two attached hydrogens (primary N) is 1. The summed E-state index contributed by atoms with van der Waals surface area (Å²) in [5.41, 5.74) is 6.45. The standard InChI is InChI=1S/C16H14F3NO/c17-16(18,19)14-7-2-1-5-12(14)13-6-3-4-10-8-11(9-20)21-15(10)13/h1-7,11H,8-9,20H2. The summed E-state index contributed by atoms with van der Waals surface area (Å²) in [6, 6.07) is 10.8. The van der Waals surface area contributed by atoms with Crippen LogP contribution in [0.25, 0.3) is 11.1 Å². The number of ether oxygens (including phenoxy) is 1. The molecule has 5 heteroatoms. The summed E-state index contributed by atoms with van der Waals surface area (Å²) in [7, 11) is 0. The molecule has 0 amide bonds. The van der Waals surface area contributed by atoms with Gasteiger partial charge in [0, 0.05) is 18.5 Å². The van der Waals surface area contributed by atoms with Crippen molar-refractivity contribution in [1.82, 2.24) is 0 Å². The maximum Gasteiger partial charge on any atom is 0.417 e. The van der Waals surface area contributed by atoms with Crippen molar-refractivity contribution in [3.63, 3.8) is 0 Å². The van der Waals surface area contributed by atoms with E-state index in [1.807, 2.05) is 6.07 Å². The van der Waals surface area contributed by atoms with E-state index in [0.717, 1.165) is 11.6 Å². The van der Waals surface area contributed by atoms with Gasteiger partial charge in [0.2, 0.25) is 0 Å². The quantitative estimate of drug-likeness (QED) is 0.917. The van der Waals surface area contributed by atoms with Crippen LogP contribution in [0.5, 0.6) is 5.75 Å². The van der Waals surface area contributed by atoms with Crippen LogP contribution in [0.1, 0.15) is 11.1 Å². The predicted octanol–water partition coefficient (Wildman–Crippen LogP) is 3.63. The molecule has 1 aliphatic heterocycles. The SMILES string of the molecule is NCC1Cc2cccc(-c3ccccc3C(F)(F)F)c2O1. The zero-order valence-corrected chi connectivity index (χ0v) is 11.2. The molecular formula is C16H14F3NO. The van der Waals surface area contributed by atoms with Crippen LogP contribution in [0, 0.1) is 0 Å². The summed E-state index contributed by atoms with van der Waals surface area (Å²) in [5, 5.41) is 0. The van der Waals surface area contributed by atoms with Gasteiger partial charge >= 0.3 is 6.18 Å². The van der Waals surface area contributed by atoms with Crippen LogP contribution in [-0.2, 0) is 12.6 Å². The second-order valence-electron chi connectivity index (χ2n) is 5.02. The Bertz CT molecular complexity index is 667. The lowest BCUT2D eigenvalue weighted by atomic mass is 9.96.